The maximum Gasteiger partial charge on any atom is 0.203 e. The SMILES string of the molecule is CN=C(NCc1cc(OC)c(OC)c(OC)c1)NC1CCN(c2ccccc2)C1. The number of para-hydroxylation sites is 1. The van der Waals surface area contributed by atoms with E-state index >= 15 is 0 Å². The molecule has 2 N–H and O–H groups in total. The first-order valence-corrected chi connectivity index (χ1v) is 9.74. The average Bonchev–Trinajstić information content (AvgIpc) is 3.24. The monoisotopic (exact) mass is 398 g/mol. The fourth-order valence-electron chi connectivity index (χ4n) is 3.56. The van der Waals surface area contributed by atoms with Crippen LogP contribution in [-0.4, -0.2) is 53.5 Å². The molecule has 1 atom stereocenters. The van der Waals surface area contributed by atoms with Crippen LogP contribution in [0.2, 0.25) is 0 Å². The van der Waals surface area contributed by atoms with E-state index in [4.69, 9.17) is 14.2 Å². The molecule has 1 saturated heterocycles. The Labute approximate surface area is 172 Å². The summed E-state index contributed by atoms with van der Waals surface area (Å²) < 4.78 is 16.2. The number of guanidine groups is 1. The van der Waals surface area contributed by atoms with Crippen LogP contribution in [0.15, 0.2) is 47.5 Å². The first-order valence-electron chi connectivity index (χ1n) is 9.74. The van der Waals surface area contributed by atoms with E-state index in [-0.39, 0.29) is 0 Å². The molecule has 0 aliphatic carbocycles. The molecule has 7 heteroatoms. The van der Waals surface area contributed by atoms with E-state index in [2.05, 4.69) is 44.8 Å². The van der Waals surface area contributed by atoms with Gasteiger partial charge in [-0.15, -0.1) is 0 Å². The van der Waals surface area contributed by atoms with Crippen LogP contribution in [-0.2, 0) is 6.54 Å². The summed E-state index contributed by atoms with van der Waals surface area (Å²) in [5.74, 6) is 2.65. The van der Waals surface area contributed by atoms with Gasteiger partial charge in [0.2, 0.25) is 5.75 Å². The van der Waals surface area contributed by atoms with Crippen LogP contribution in [0.25, 0.3) is 0 Å². The van der Waals surface area contributed by atoms with Gasteiger partial charge in [-0.25, -0.2) is 0 Å². The van der Waals surface area contributed by atoms with Gasteiger partial charge < -0.3 is 29.7 Å². The molecule has 1 aliphatic rings. The van der Waals surface area contributed by atoms with Gasteiger partial charge >= 0.3 is 0 Å². The average molecular weight is 399 g/mol. The Morgan fingerprint density at radius 1 is 1.07 bits per heavy atom. The molecule has 0 spiro atoms. The van der Waals surface area contributed by atoms with E-state index in [1.54, 1.807) is 28.4 Å². The molecule has 7 nitrogen and oxygen atoms in total. The smallest absolute Gasteiger partial charge is 0.203 e. The highest BCUT2D eigenvalue weighted by molar-refractivity contribution is 5.80. The number of anilines is 1. The van der Waals surface area contributed by atoms with E-state index in [1.807, 2.05) is 18.2 Å². The van der Waals surface area contributed by atoms with Crippen LogP contribution < -0.4 is 29.7 Å². The number of nitrogens with zero attached hydrogens (tertiary/aromatic N) is 2. The van der Waals surface area contributed by atoms with Crippen LogP contribution in [0, 0.1) is 0 Å². The highest BCUT2D eigenvalue weighted by atomic mass is 16.5. The minimum absolute atomic E-state index is 0.348. The molecule has 0 bridgehead atoms. The Hall–Kier alpha value is -3.09. The number of methoxy groups -OCH3 is 3. The van der Waals surface area contributed by atoms with Crippen molar-refractivity contribution >= 4 is 11.6 Å². The minimum atomic E-state index is 0.348. The topological polar surface area (TPSA) is 67.4 Å². The molecule has 0 radical (unpaired) electrons. The summed E-state index contributed by atoms with van der Waals surface area (Å²) in [6.07, 6.45) is 1.07. The zero-order chi connectivity index (χ0) is 20.6. The van der Waals surface area contributed by atoms with E-state index in [1.165, 1.54) is 5.69 Å². The van der Waals surface area contributed by atoms with Crippen molar-refractivity contribution in [1.29, 1.82) is 0 Å². The third-order valence-corrected chi connectivity index (χ3v) is 5.06. The first-order chi connectivity index (χ1) is 14.2. The lowest BCUT2D eigenvalue weighted by molar-refractivity contribution is 0.323. The number of ether oxygens (including phenoxy) is 3. The van der Waals surface area contributed by atoms with Gasteiger partial charge in [0.25, 0.3) is 0 Å². The van der Waals surface area contributed by atoms with Gasteiger partial charge in [-0.2, -0.15) is 0 Å². The lowest BCUT2D eigenvalue weighted by atomic mass is 10.2. The predicted molar refractivity (Wildman–Crippen MR) is 116 cm³/mol. The highest BCUT2D eigenvalue weighted by Crippen LogP contribution is 2.38. The van der Waals surface area contributed by atoms with Gasteiger partial charge in [0.15, 0.2) is 17.5 Å². The molecule has 3 rings (SSSR count). The number of rotatable bonds is 7. The maximum absolute atomic E-state index is 5.43. The number of benzene rings is 2. The Bertz CT molecular complexity index is 801. The van der Waals surface area contributed by atoms with E-state index in [9.17, 15) is 0 Å². The van der Waals surface area contributed by atoms with Crippen molar-refractivity contribution in [3.05, 3.63) is 48.0 Å². The molecular weight excluding hydrogens is 368 g/mol. The van der Waals surface area contributed by atoms with Crippen molar-refractivity contribution in [3.63, 3.8) is 0 Å². The largest absolute Gasteiger partial charge is 0.493 e. The molecule has 0 aromatic heterocycles. The van der Waals surface area contributed by atoms with Crippen molar-refractivity contribution in [2.45, 2.75) is 19.0 Å². The quantitative estimate of drug-likeness (QED) is 0.552. The number of nitrogens with one attached hydrogen (secondary N) is 2. The Balaban J connectivity index is 1.59. The molecule has 29 heavy (non-hydrogen) atoms. The maximum atomic E-state index is 5.43. The standard InChI is InChI=1S/C22H30N4O3/c1-23-22(25-17-10-11-26(15-17)18-8-6-5-7-9-18)24-14-16-12-19(27-2)21(29-4)20(13-16)28-3/h5-9,12-13,17H,10-11,14-15H2,1-4H3,(H2,23,24,25). The van der Waals surface area contributed by atoms with Crippen LogP contribution in [0.5, 0.6) is 17.2 Å². The zero-order valence-electron chi connectivity index (χ0n) is 17.6. The van der Waals surface area contributed by atoms with Crippen molar-refractivity contribution in [1.82, 2.24) is 10.6 Å². The van der Waals surface area contributed by atoms with Crippen molar-refractivity contribution in [2.24, 2.45) is 4.99 Å². The summed E-state index contributed by atoms with van der Waals surface area (Å²) in [4.78, 5) is 6.76. The normalized spacial score (nSPS) is 16.5. The van der Waals surface area contributed by atoms with Gasteiger partial charge in [0.05, 0.1) is 21.3 Å². The molecule has 1 unspecified atom stereocenters. The second-order valence-corrected chi connectivity index (χ2v) is 6.87. The van der Waals surface area contributed by atoms with E-state index in [0.717, 1.165) is 31.0 Å². The summed E-state index contributed by atoms with van der Waals surface area (Å²) >= 11 is 0. The number of aliphatic imine (C=N–C) groups is 1. The fraction of sp³-hybridized carbons (Fsp3) is 0.409. The lowest BCUT2D eigenvalue weighted by Crippen LogP contribution is -2.44. The van der Waals surface area contributed by atoms with Crippen molar-refractivity contribution < 1.29 is 14.2 Å². The summed E-state index contributed by atoms with van der Waals surface area (Å²) in [6.45, 7) is 2.58. The number of hydrogen-bond donors (Lipinski definition) is 2. The summed E-state index contributed by atoms with van der Waals surface area (Å²) in [5.41, 5.74) is 2.27. The predicted octanol–water partition coefficient (Wildman–Crippen LogP) is 2.66. The van der Waals surface area contributed by atoms with Gasteiger partial charge in [-0.3, -0.25) is 4.99 Å². The molecule has 156 valence electrons. The lowest BCUT2D eigenvalue weighted by Gasteiger charge is -2.20. The minimum Gasteiger partial charge on any atom is -0.493 e. The van der Waals surface area contributed by atoms with Crippen molar-refractivity contribution in [3.8, 4) is 17.2 Å². The highest BCUT2D eigenvalue weighted by Gasteiger charge is 2.23. The van der Waals surface area contributed by atoms with Gasteiger partial charge in [-0.1, -0.05) is 18.2 Å². The molecular formula is C22H30N4O3. The van der Waals surface area contributed by atoms with Crippen molar-refractivity contribution in [2.75, 3.05) is 46.4 Å². The molecule has 1 fully saturated rings. The van der Waals surface area contributed by atoms with E-state index < -0.39 is 0 Å². The van der Waals surface area contributed by atoms with Gasteiger partial charge in [-0.05, 0) is 36.2 Å². The van der Waals surface area contributed by atoms with Gasteiger partial charge in [0.1, 0.15) is 0 Å². The van der Waals surface area contributed by atoms with Crippen LogP contribution in [0.3, 0.4) is 0 Å². The first kappa shape index (κ1) is 20.6. The molecule has 2 aromatic rings. The Morgan fingerprint density at radius 2 is 1.76 bits per heavy atom. The molecule has 2 aromatic carbocycles. The van der Waals surface area contributed by atoms with E-state index in [0.29, 0.717) is 29.8 Å². The molecule has 1 aliphatic heterocycles. The van der Waals surface area contributed by atoms with Crippen LogP contribution in [0.1, 0.15) is 12.0 Å². The van der Waals surface area contributed by atoms with Crippen LogP contribution >= 0.6 is 0 Å². The second-order valence-electron chi connectivity index (χ2n) is 6.87. The second kappa shape index (κ2) is 9.91. The molecule has 0 saturated carbocycles. The Morgan fingerprint density at radius 3 is 2.34 bits per heavy atom. The fourth-order valence-corrected chi connectivity index (χ4v) is 3.56. The summed E-state index contributed by atoms with van der Waals surface area (Å²) in [6, 6.07) is 14.7. The zero-order valence-corrected chi connectivity index (χ0v) is 17.6. The molecule has 0 amide bonds. The summed E-state index contributed by atoms with van der Waals surface area (Å²) in [7, 11) is 6.62. The number of hydrogen-bond acceptors (Lipinski definition) is 5. The molecule has 1 heterocycles. The third-order valence-electron chi connectivity index (χ3n) is 5.06. The summed E-state index contributed by atoms with van der Waals surface area (Å²) in [5, 5.41) is 6.90. The third kappa shape index (κ3) is 5.04. The van der Waals surface area contributed by atoms with Crippen LogP contribution in [0.4, 0.5) is 5.69 Å². The Kier molecular flexibility index (Phi) is 7.05. The van der Waals surface area contributed by atoms with Gasteiger partial charge in [0, 0.05) is 38.4 Å².